The first-order valence-electron chi connectivity index (χ1n) is 16.6. The Morgan fingerprint density at radius 1 is 0.617 bits per heavy atom. The number of esters is 1. The van der Waals surface area contributed by atoms with Crippen molar-refractivity contribution in [3.8, 4) is 23.0 Å². The minimum absolute atomic E-state index is 0.0706. The maximum absolute atomic E-state index is 12.8. The highest BCUT2D eigenvalue weighted by molar-refractivity contribution is 7.97. The van der Waals surface area contributed by atoms with Crippen molar-refractivity contribution < 1.29 is 28.5 Å². The molecule has 4 aromatic rings. The molecule has 4 fully saturated rings. The van der Waals surface area contributed by atoms with Gasteiger partial charge < -0.3 is 23.7 Å². The van der Waals surface area contributed by atoms with Crippen LogP contribution < -0.4 is 18.9 Å². The number of benzene rings is 4. The van der Waals surface area contributed by atoms with Gasteiger partial charge in [-0.3, -0.25) is 0 Å². The quantitative estimate of drug-likeness (QED) is 0.113. The van der Waals surface area contributed by atoms with Crippen molar-refractivity contribution in [3.05, 3.63) is 103 Å². The van der Waals surface area contributed by atoms with E-state index in [0.29, 0.717) is 24.2 Å². The fraction of sp³-hybridized carbons (Fsp3) is 0.375. The predicted octanol–water partition coefficient (Wildman–Crippen LogP) is 8.52. The molecule has 0 saturated heterocycles. The summed E-state index contributed by atoms with van der Waals surface area (Å²) in [6, 6.07) is 32.5. The molecule has 4 saturated carbocycles. The molecule has 4 aromatic carbocycles. The molecule has 4 bridgehead atoms. The molecular formula is C40H43O6S+. The van der Waals surface area contributed by atoms with Crippen LogP contribution in [0.25, 0.3) is 0 Å². The van der Waals surface area contributed by atoms with Crippen LogP contribution >= 0.6 is 0 Å². The summed E-state index contributed by atoms with van der Waals surface area (Å²) >= 11 is 0. The van der Waals surface area contributed by atoms with Gasteiger partial charge in [0.1, 0.15) is 35.2 Å². The maximum atomic E-state index is 12.8. The summed E-state index contributed by atoms with van der Waals surface area (Å²) in [5.41, 5.74) is 0.682. The van der Waals surface area contributed by atoms with E-state index in [4.69, 9.17) is 23.7 Å². The summed E-state index contributed by atoms with van der Waals surface area (Å²) in [7, 11) is 3.05. The van der Waals surface area contributed by atoms with Crippen molar-refractivity contribution >= 4 is 16.9 Å². The second kappa shape index (κ2) is 13.6. The van der Waals surface area contributed by atoms with Gasteiger partial charge in [0.05, 0.1) is 25.1 Å². The van der Waals surface area contributed by atoms with Crippen molar-refractivity contribution in [2.75, 3.05) is 20.8 Å². The Bertz CT molecular complexity index is 1570. The van der Waals surface area contributed by atoms with Gasteiger partial charge in [-0.1, -0.05) is 12.1 Å². The first-order chi connectivity index (χ1) is 22.9. The Kier molecular flexibility index (Phi) is 9.09. The Morgan fingerprint density at radius 3 is 1.51 bits per heavy atom. The highest BCUT2D eigenvalue weighted by atomic mass is 32.2. The van der Waals surface area contributed by atoms with Gasteiger partial charge in [-0.25, -0.2) is 4.79 Å². The molecule has 4 aliphatic rings. The van der Waals surface area contributed by atoms with Crippen LogP contribution in [0.1, 0.15) is 44.6 Å². The highest BCUT2D eigenvalue weighted by Crippen LogP contribution is 2.59. The molecule has 0 spiro atoms. The molecule has 7 heteroatoms. The Hall–Kier alpha value is -4.10. The normalized spacial score (nSPS) is 24.2. The summed E-state index contributed by atoms with van der Waals surface area (Å²) < 4.78 is 28.9. The molecule has 47 heavy (non-hydrogen) atoms. The average Bonchev–Trinajstić information content (AvgIpc) is 3.10. The summed E-state index contributed by atoms with van der Waals surface area (Å²) in [5.74, 6) is 5.52. The van der Waals surface area contributed by atoms with E-state index in [0.717, 1.165) is 34.6 Å². The standard InChI is InChI=1S/C40H43O6S/c1-40(30-21-28-20-29(23-30)24-31(40)22-28)46-39(41)26-45-34-6-4-27(5-7-34)25-44-35-12-18-38(19-13-35)47(36-14-8-32(42-2)9-15-36)37-16-10-33(43-3)11-17-37/h4-19,28-31H,20-26H2,1-3H3/q+1. The third-order valence-electron chi connectivity index (χ3n) is 10.4. The van der Waals surface area contributed by atoms with Gasteiger partial charge in [-0.15, -0.1) is 0 Å². The number of carbonyl (C=O) groups excluding carboxylic acids is 1. The molecule has 0 atom stereocenters. The SMILES string of the molecule is COc1ccc([S+](c2ccc(OC)cc2)c2ccc(OCc3ccc(OCC(=O)OC4(C)C5CC6CC(C5)CC4C6)cc3)cc2)cc1. The zero-order chi connectivity index (χ0) is 32.4. The first kappa shape index (κ1) is 31.5. The molecule has 6 nitrogen and oxygen atoms in total. The van der Waals surface area contributed by atoms with Gasteiger partial charge in [0.15, 0.2) is 21.3 Å². The van der Waals surface area contributed by atoms with Gasteiger partial charge in [-0.2, -0.15) is 0 Å². The zero-order valence-corrected chi connectivity index (χ0v) is 28.2. The van der Waals surface area contributed by atoms with Crippen LogP contribution in [0, 0.1) is 23.7 Å². The lowest BCUT2D eigenvalue weighted by atomic mass is 9.50. The van der Waals surface area contributed by atoms with E-state index in [1.54, 1.807) is 14.2 Å². The van der Waals surface area contributed by atoms with Gasteiger partial charge >= 0.3 is 5.97 Å². The van der Waals surface area contributed by atoms with E-state index in [2.05, 4.69) is 43.3 Å². The molecule has 0 aliphatic heterocycles. The van der Waals surface area contributed by atoms with Gasteiger partial charge in [0, 0.05) is 0 Å². The van der Waals surface area contributed by atoms with Gasteiger partial charge in [-0.05, 0) is 153 Å². The molecule has 0 unspecified atom stereocenters. The van der Waals surface area contributed by atoms with Crippen molar-refractivity contribution in [2.24, 2.45) is 23.7 Å². The molecule has 0 heterocycles. The van der Waals surface area contributed by atoms with Crippen molar-refractivity contribution in [1.29, 1.82) is 0 Å². The number of hydrogen-bond donors (Lipinski definition) is 0. The minimum Gasteiger partial charge on any atom is -0.497 e. The molecule has 0 N–H and O–H groups in total. The number of ether oxygens (including phenoxy) is 5. The summed E-state index contributed by atoms with van der Waals surface area (Å²) in [4.78, 5) is 16.4. The molecular weight excluding hydrogens is 609 g/mol. The number of methoxy groups -OCH3 is 2. The Morgan fingerprint density at radius 2 is 1.04 bits per heavy atom. The predicted molar refractivity (Wildman–Crippen MR) is 182 cm³/mol. The van der Waals surface area contributed by atoms with Gasteiger partial charge in [0.2, 0.25) is 0 Å². The largest absolute Gasteiger partial charge is 0.497 e. The number of hydrogen-bond acceptors (Lipinski definition) is 6. The third-order valence-corrected chi connectivity index (χ3v) is 12.7. The highest BCUT2D eigenvalue weighted by Gasteiger charge is 2.57. The molecule has 0 amide bonds. The van der Waals surface area contributed by atoms with E-state index in [1.165, 1.54) is 46.8 Å². The monoisotopic (exact) mass is 651 g/mol. The first-order valence-corrected chi connectivity index (χ1v) is 17.8. The van der Waals surface area contributed by atoms with Gasteiger partial charge in [0.25, 0.3) is 0 Å². The van der Waals surface area contributed by atoms with Crippen LogP contribution in [-0.4, -0.2) is 32.4 Å². The average molecular weight is 652 g/mol. The van der Waals surface area contributed by atoms with E-state index in [1.807, 2.05) is 60.7 Å². The smallest absolute Gasteiger partial charge is 0.344 e. The van der Waals surface area contributed by atoms with Crippen molar-refractivity contribution in [1.82, 2.24) is 0 Å². The van der Waals surface area contributed by atoms with Crippen LogP contribution in [0.3, 0.4) is 0 Å². The van der Waals surface area contributed by atoms with Crippen LogP contribution in [0.4, 0.5) is 0 Å². The number of carbonyl (C=O) groups is 1. The van der Waals surface area contributed by atoms with E-state index >= 15 is 0 Å². The lowest BCUT2D eigenvalue weighted by Crippen LogP contribution is -2.58. The molecule has 0 aromatic heterocycles. The zero-order valence-electron chi connectivity index (χ0n) is 27.4. The van der Waals surface area contributed by atoms with Crippen LogP contribution in [-0.2, 0) is 27.0 Å². The molecule has 8 rings (SSSR count). The lowest BCUT2D eigenvalue weighted by molar-refractivity contribution is -0.204. The summed E-state index contributed by atoms with van der Waals surface area (Å²) in [6.07, 6.45) is 6.21. The summed E-state index contributed by atoms with van der Waals surface area (Å²) in [6.45, 7) is 2.52. The van der Waals surface area contributed by atoms with Crippen molar-refractivity contribution in [3.63, 3.8) is 0 Å². The number of rotatable bonds is 12. The van der Waals surface area contributed by atoms with E-state index in [-0.39, 0.29) is 29.1 Å². The third kappa shape index (κ3) is 6.82. The molecule has 4 aliphatic carbocycles. The summed E-state index contributed by atoms with van der Waals surface area (Å²) in [5, 5.41) is 0. The van der Waals surface area contributed by atoms with Crippen LogP contribution in [0.15, 0.2) is 112 Å². The van der Waals surface area contributed by atoms with E-state index in [9.17, 15) is 4.79 Å². The minimum atomic E-state index is -0.333. The Labute approximate surface area is 280 Å². The topological polar surface area (TPSA) is 63.2 Å². The second-order valence-corrected chi connectivity index (χ2v) is 15.3. The van der Waals surface area contributed by atoms with Crippen LogP contribution in [0.2, 0.25) is 0 Å². The fourth-order valence-electron chi connectivity index (χ4n) is 8.06. The second-order valence-electron chi connectivity index (χ2n) is 13.3. The van der Waals surface area contributed by atoms with Crippen LogP contribution in [0.5, 0.6) is 23.0 Å². The lowest BCUT2D eigenvalue weighted by Gasteiger charge is -2.59. The van der Waals surface area contributed by atoms with Crippen molar-refractivity contribution in [2.45, 2.75) is 65.9 Å². The van der Waals surface area contributed by atoms with E-state index < -0.39 is 0 Å². The maximum Gasteiger partial charge on any atom is 0.344 e. The molecule has 244 valence electrons. The molecule has 0 radical (unpaired) electrons. The fourth-order valence-corrected chi connectivity index (χ4v) is 10.1. The Balaban J connectivity index is 0.938.